The quantitative estimate of drug-likeness (QED) is 0.590. The number of benzene rings is 1. The summed E-state index contributed by atoms with van der Waals surface area (Å²) in [6, 6.07) is 8.32. The average Bonchev–Trinajstić information content (AvgIpc) is 3.22. The van der Waals surface area contributed by atoms with Gasteiger partial charge in [-0.15, -0.1) is 0 Å². The molecule has 1 saturated heterocycles. The molecule has 7 heteroatoms. The first-order chi connectivity index (χ1) is 14.5. The molecule has 3 rings (SSSR count). The van der Waals surface area contributed by atoms with Gasteiger partial charge < -0.3 is 14.5 Å². The van der Waals surface area contributed by atoms with Gasteiger partial charge in [0.05, 0.1) is 7.11 Å². The fraction of sp³-hybridized carbons (Fsp3) is 0.609. The van der Waals surface area contributed by atoms with Crippen LogP contribution in [0, 0.1) is 5.92 Å². The van der Waals surface area contributed by atoms with Crippen molar-refractivity contribution in [2.24, 2.45) is 5.92 Å². The summed E-state index contributed by atoms with van der Waals surface area (Å²) in [5.41, 5.74) is 1.13. The summed E-state index contributed by atoms with van der Waals surface area (Å²) in [6.07, 6.45) is 4.44. The molecule has 30 heavy (non-hydrogen) atoms. The molecule has 1 aliphatic rings. The minimum Gasteiger partial charge on any atom is -0.497 e. The van der Waals surface area contributed by atoms with E-state index in [1.807, 2.05) is 23.1 Å². The minimum atomic E-state index is 0.260. The van der Waals surface area contributed by atoms with E-state index >= 15 is 0 Å². The van der Waals surface area contributed by atoms with Crippen LogP contribution in [0.5, 0.6) is 5.75 Å². The Morgan fingerprint density at radius 1 is 1.37 bits per heavy atom. The molecule has 1 aromatic carbocycles. The summed E-state index contributed by atoms with van der Waals surface area (Å²) in [5.74, 6) is 2.65. The number of hydrogen-bond acceptors (Lipinski definition) is 6. The fourth-order valence-corrected chi connectivity index (χ4v) is 4.57. The van der Waals surface area contributed by atoms with Crippen LogP contribution >= 0.6 is 11.5 Å². The van der Waals surface area contributed by atoms with Crippen LogP contribution in [0.25, 0.3) is 0 Å². The molecule has 2 aromatic rings. The van der Waals surface area contributed by atoms with Gasteiger partial charge in [-0.2, -0.15) is 4.37 Å². The summed E-state index contributed by atoms with van der Waals surface area (Å²) >= 11 is 1.43. The number of rotatable bonds is 9. The third-order valence-electron chi connectivity index (χ3n) is 6.03. The number of anilines is 1. The highest BCUT2D eigenvalue weighted by molar-refractivity contribution is 7.09. The first-order valence-electron chi connectivity index (χ1n) is 11.0. The van der Waals surface area contributed by atoms with Crippen LogP contribution in [0.4, 0.5) is 5.13 Å². The van der Waals surface area contributed by atoms with Crippen LogP contribution in [0.2, 0.25) is 0 Å². The molecule has 0 unspecified atom stereocenters. The highest BCUT2D eigenvalue weighted by Gasteiger charge is 2.23. The normalized spacial score (nSPS) is 15.8. The Morgan fingerprint density at radius 2 is 2.13 bits per heavy atom. The Kier molecular flexibility index (Phi) is 8.08. The van der Waals surface area contributed by atoms with Crippen molar-refractivity contribution in [2.45, 2.75) is 58.9 Å². The van der Waals surface area contributed by atoms with E-state index in [4.69, 9.17) is 9.72 Å². The Morgan fingerprint density at radius 3 is 2.83 bits per heavy atom. The fourth-order valence-electron chi connectivity index (χ4n) is 3.76. The first kappa shape index (κ1) is 22.5. The summed E-state index contributed by atoms with van der Waals surface area (Å²) in [4.78, 5) is 21.8. The van der Waals surface area contributed by atoms with E-state index in [1.54, 1.807) is 7.11 Å². The SMILES string of the molecule is CC[C@H](C)N(CCC(=O)N1CCC(C)CC1)c1nc(Cc2cccc(OC)c2)ns1. The Bertz CT molecular complexity index is 817. The van der Waals surface area contributed by atoms with Crippen molar-refractivity contribution in [3.05, 3.63) is 35.7 Å². The zero-order valence-corrected chi connectivity index (χ0v) is 19.5. The summed E-state index contributed by atoms with van der Waals surface area (Å²) < 4.78 is 9.89. The standard InChI is InChI=1S/C23H34N4O2S/c1-5-18(3)27(14-11-22(28)26-12-9-17(2)10-13-26)23-24-21(25-30-23)16-19-7-6-8-20(15-19)29-4/h6-8,15,17-18H,5,9-14,16H2,1-4H3/t18-/m0/s1. The van der Waals surface area contributed by atoms with Crippen molar-refractivity contribution in [3.8, 4) is 5.75 Å². The second kappa shape index (κ2) is 10.8. The van der Waals surface area contributed by atoms with E-state index in [-0.39, 0.29) is 5.91 Å². The molecule has 1 fully saturated rings. The number of likely N-dealkylation sites (tertiary alicyclic amines) is 1. The summed E-state index contributed by atoms with van der Waals surface area (Å²) in [6.45, 7) is 9.11. The third-order valence-corrected chi connectivity index (χ3v) is 6.82. The molecule has 0 saturated carbocycles. The number of carbonyl (C=O) groups is 1. The number of methoxy groups -OCH3 is 1. The van der Waals surface area contributed by atoms with E-state index < -0.39 is 0 Å². The van der Waals surface area contributed by atoms with Crippen molar-refractivity contribution < 1.29 is 9.53 Å². The monoisotopic (exact) mass is 430 g/mol. The number of nitrogens with zero attached hydrogens (tertiary/aromatic N) is 4. The second-order valence-corrected chi connectivity index (χ2v) is 9.02. The summed E-state index contributed by atoms with van der Waals surface area (Å²) in [5, 5.41) is 0.905. The van der Waals surface area contributed by atoms with Gasteiger partial charge in [-0.25, -0.2) is 4.98 Å². The van der Waals surface area contributed by atoms with Gasteiger partial charge in [-0.1, -0.05) is 26.0 Å². The molecule has 1 atom stereocenters. The van der Waals surface area contributed by atoms with Gasteiger partial charge in [0.15, 0.2) is 0 Å². The van der Waals surface area contributed by atoms with Crippen molar-refractivity contribution in [1.29, 1.82) is 0 Å². The average molecular weight is 431 g/mol. The molecular weight excluding hydrogens is 396 g/mol. The predicted octanol–water partition coefficient (Wildman–Crippen LogP) is 4.39. The van der Waals surface area contributed by atoms with Crippen LogP contribution < -0.4 is 9.64 Å². The van der Waals surface area contributed by atoms with Gasteiger partial charge in [0.2, 0.25) is 11.0 Å². The van der Waals surface area contributed by atoms with E-state index in [2.05, 4.69) is 36.1 Å². The van der Waals surface area contributed by atoms with Gasteiger partial charge in [-0.05, 0) is 49.8 Å². The van der Waals surface area contributed by atoms with Gasteiger partial charge in [-0.3, -0.25) is 4.79 Å². The molecule has 2 heterocycles. The Hall–Kier alpha value is -2.15. The molecule has 1 aliphatic heterocycles. The molecule has 1 amide bonds. The van der Waals surface area contributed by atoms with Gasteiger partial charge in [0.25, 0.3) is 0 Å². The van der Waals surface area contributed by atoms with Gasteiger partial charge in [0.1, 0.15) is 11.6 Å². The lowest BCUT2D eigenvalue weighted by Gasteiger charge is -2.32. The van der Waals surface area contributed by atoms with Crippen molar-refractivity contribution in [2.75, 3.05) is 31.6 Å². The lowest BCUT2D eigenvalue weighted by Crippen LogP contribution is -2.41. The second-order valence-electron chi connectivity index (χ2n) is 8.29. The molecule has 0 radical (unpaired) electrons. The number of carbonyl (C=O) groups excluding carboxylic acids is 1. The molecule has 0 aliphatic carbocycles. The van der Waals surface area contributed by atoms with Crippen LogP contribution in [0.15, 0.2) is 24.3 Å². The van der Waals surface area contributed by atoms with Gasteiger partial charge >= 0.3 is 0 Å². The van der Waals surface area contributed by atoms with Crippen LogP contribution in [0.1, 0.15) is 57.8 Å². The molecule has 164 valence electrons. The maximum atomic E-state index is 12.7. The van der Waals surface area contributed by atoms with Gasteiger partial charge in [0, 0.05) is 50.1 Å². The van der Waals surface area contributed by atoms with E-state index in [0.717, 1.165) is 60.5 Å². The van der Waals surface area contributed by atoms with Crippen molar-refractivity contribution >= 4 is 22.6 Å². The van der Waals surface area contributed by atoms with E-state index in [1.165, 1.54) is 11.5 Å². The predicted molar refractivity (Wildman–Crippen MR) is 122 cm³/mol. The highest BCUT2D eigenvalue weighted by atomic mass is 32.1. The smallest absolute Gasteiger partial charge is 0.224 e. The molecular formula is C23H34N4O2S. The van der Waals surface area contributed by atoms with E-state index in [0.29, 0.717) is 25.4 Å². The zero-order chi connectivity index (χ0) is 21.5. The first-order valence-corrected chi connectivity index (χ1v) is 11.8. The minimum absolute atomic E-state index is 0.260. The zero-order valence-electron chi connectivity index (χ0n) is 18.6. The number of aromatic nitrogens is 2. The third kappa shape index (κ3) is 5.94. The van der Waals surface area contributed by atoms with Crippen molar-refractivity contribution in [3.63, 3.8) is 0 Å². The number of amides is 1. The molecule has 0 spiro atoms. The number of piperidine rings is 1. The molecule has 0 N–H and O–H groups in total. The Balaban J connectivity index is 1.63. The summed E-state index contributed by atoms with van der Waals surface area (Å²) in [7, 11) is 1.67. The van der Waals surface area contributed by atoms with Crippen LogP contribution in [0.3, 0.4) is 0 Å². The topological polar surface area (TPSA) is 58.6 Å². The molecule has 6 nitrogen and oxygen atoms in total. The maximum absolute atomic E-state index is 12.7. The molecule has 1 aromatic heterocycles. The lowest BCUT2D eigenvalue weighted by atomic mass is 9.99. The Labute approximate surface area is 184 Å². The molecule has 0 bridgehead atoms. The maximum Gasteiger partial charge on any atom is 0.224 e. The number of hydrogen-bond donors (Lipinski definition) is 0. The largest absolute Gasteiger partial charge is 0.497 e. The highest BCUT2D eigenvalue weighted by Crippen LogP contribution is 2.24. The number of ether oxygens (including phenoxy) is 1. The van der Waals surface area contributed by atoms with Crippen molar-refractivity contribution in [1.82, 2.24) is 14.3 Å². The van der Waals surface area contributed by atoms with Crippen LogP contribution in [-0.4, -0.2) is 53.0 Å². The van der Waals surface area contributed by atoms with Crippen LogP contribution in [-0.2, 0) is 11.2 Å². The van der Waals surface area contributed by atoms with E-state index in [9.17, 15) is 4.79 Å². The lowest BCUT2D eigenvalue weighted by molar-refractivity contribution is -0.132.